The molecule has 1 fully saturated rings. The predicted octanol–water partition coefficient (Wildman–Crippen LogP) is 5.16. The van der Waals surface area contributed by atoms with Crippen LogP contribution >= 0.6 is 15.9 Å². The minimum absolute atomic E-state index is 0.735. The van der Waals surface area contributed by atoms with Gasteiger partial charge in [-0.05, 0) is 24.7 Å². The van der Waals surface area contributed by atoms with Crippen molar-refractivity contribution >= 4 is 15.9 Å². The van der Waals surface area contributed by atoms with Gasteiger partial charge in [0.15, 0.2) is 0 Å². The lowest BCUT2D eigenvalue weighted by Crippen LogP contribution is -2.19. The summed E-state index contributed by atoms with van der Waals surface area (Å²) in [7, 11) is 0. The molecule has 1 atom stereocenters. The van der Waals surface area contributed by atoms with Crippen molar-refractivity contribution in [3.8, 4) is 0 Å². The quantitative estimate of drug-likeness (QED) is 0.474. The molecule has 1 unspecified atom stereocenters. The summed E-state index contributed by atoms with van der Waals surface area (Å²) in [5.41, 5.74) is 0. The summed E-state index contributed by atoms with van der Waals surface area (Å²) in [6.07, 6.45) is 11.7. The van der Waals surface area contributed by atoms with Gasteiger partial charge in [0.2, 0.25) is 0 Å². The molecule has 0 bridgehead atoms. The Morgan fingerprint density at radius 3 is 2.29 bits per heavy atom. The van der Waals surface area contributed by atoms with Crippen molar-refractivity contribution in [2.45, 2.75) is 70.0 Å². The van der Waals surface area contributed by atoms with Gasteiger partial charge in [0.1, 0.15) is 0 Å². The van der Waals surface area contributed by atoms with E-state index in [4.69, 9.17) is 0 Å². The number of alkyl halides is 1. The summed E-state index contributed by atoms with van der Waals surface area (Å²) in [4.78, 5) is 0.735. The van der Waals surface area contributed by atoms with Gasteiger partial charge in [0.25, 0.3) is 0 Å². The fraction of sp³-hybridized carbons (Fsp3) is 1.00. The van der Waals surface area contributed by atoms with Crippen LogP contribution in [0.4, 0.5) is 0 Å². The topological polar surface area (TPSA) is 0 Å². The van der Waals surface area contributed by atoms with Crippen LogP contribution in [0.5, 0.6) is 0 Å². The van der Waals surface area contributed by atoms with Crippen molar-refractivity contribution in [1.29, 1.82) is 0 Å². The molecular weight excluding hydrogens is 236 g/mol. The predicted molar refractivity (Wildman–Crippen MR) is 68.0 cm³/mol. The zero-order valence-electron chi connectivity index (χ0n) is 9.77. The van der Waals surface area contributed by atoms with Gasteiger partial charge in [-0.2, -0.15) is 0 Å². The van der Waals surface area contributed by atoms with Crippen LogP contribution in [0.1, 0.15) is 65.2 Å². The Labute approximate surface area is 98.0 Å². The number of hydrogen-bond donors (Lipinski definition) is 0. The number of rotatable bonds is 5. The van der Waals surface area contributed by atoms with Crippen LogP contribution in [0, 0.1) is 11.8 Å². The fourth-order valence-electron chi connectivity index (χ4n) is 2.62. The average Bonchev–Trinajstić information content (AvgIpc) is 2.19. The van der Waals surface area contributed by atoms with Crippen LogP contribution in [0.3, 0.4) is 0 Å². The highest BCUT2D eigenvalue weighted by atomic mass is 79.9. The van der Waals surface area contributed by atoms with Crippen LogP contribution in [0.15, 0.2) is 0 Å². The molecule has 0 spiro atoms. The van der Waals surface area contributed by atoms with Crippen molar-refractivity contribution in [2.24, 2.45) is 11.8 Å². The molecule has 0 aromatic carbocycles. The van der Waals surface area contributed by atoms with E-state index < -0.39 is 0 Å². The molecule has 0 radical (unpaired) electrons. The van der Waals surface area contributed by atoms with Gasteiger partial charge in [0.05, 0.1) is 0 Å². The van der Waals surface area contributed by atoms with Gasteiger partial charge in [-0.25, -0.2) is 0 Å². The number of hydrogen-bond acceptors (Lipinski definition) is 0. The highest BCUT2D eigenvalue weighted by Crippen LogP contribution is 2.35. The van der Waals surface area contributed by atoms with E-state index in [0.717, 1.165) is 16.7 Å². The highest BCUT2D eigenvalue weighted by Gasteiger charge is 2.23. The number of unbranched alkanes of at least 4 members (excludes halogenated alkanes) is 2. The minimum Gasteiger partial charge on any atom is -0.0891 e. The van der Waals surface area contributed by atoms with Crippen LogP contribution < -0.4 is 0 Å². The van der Waals surface area contributed by atoms with Crippen LogP contribution in [0.2, 0.25) is 0 Å². The van der Waals surface area contributed by atoms with Crippen molar-refractivity contribution in [1.82, 2.24) is 0 Å². The fourth-order valence-corrected chi connectivity index (χ4v) is 3.15. The first kappa shape index (κ1) is 12.5. The Balaban J connectivity index is 2.09. The van der Waals surface area contributed by atoms with Crippen molar-refractivity contribution in [2.75, 3.05) is 0 Å². The lowest BCUT2D eigenvalue weighted by Gasteiger charge is -2.30. The molecule has 14 heavy (non-hydrogen) atoms. The molecule has 1 aliphatic rings. The van der Waals surface area contributed by atoms with Gasteiger partial charge in [-0.15, -0.1) is 0 Å². The molecule has 1 rings (SSSR count). The second-order valence-electron chi connectivity index (χ2n) is 4.95. The molecule has 0 aromatic rings. The molecule has 0 nitrogen and oxygen atoms in total. The second kappa shape index (κ2) is 6.87. The van der Waals surface area contributed by atoms with E-state index >= 15 is 0 Å². The van der Waals surface area contributed by atoms with Gasteiger partial charge >= 0.3 is 0 Å². The van der Waals surface area contributed by atoms with E-state index in [0.29, 0.717) is 0 Å². The maximum absolute atomic E-state index is 3.72. The SMILES string of the molecule is CCCCCC1CCC(C(C)Br)CC1. The molecule has 0 amide bonds. The Kier molecular flexibility index (Phi) is 6.16. The van der Waals surface area contributed by atoms with E-state index in [9.17, 15) is 0 Å². The highest BCUT2D eigenvalue weighted by molar-refractivity contribution is 9.09. The average molecular weight is 261 g/mol. The Morgan fingerprint density at radius 1 is 1.14 bits per heavy atom. The smallest absolute Gasteiger partial charge is 0.0145 e. The minimum atomic E-state index is 0.735. The molecule has 1 heteroatoms. The molecule has 0 saturated heterocycles. The third-order valence-corrected chi connectivity index (χ3v) is 4.50. The maximum atomic E-state index is 3.72. The summed E-state index contributed by atoms with van der Waals surface area (Å²) in [5.74, 6) is 2.02. The van der Waals surface area contributed by atoms with E-state index in [2.05, 4.69) is 29.8 Å². The van der Waals surface area contributed by atoms with E-state index in [1.165, 1.54) is 51.4 Å². The Morgan fingerprint density at radius 2 is 1.79 bits per heavy atom. The summed E-state index contributed by atoms with van der Waals surface area (Å²) < 4.78 is 0. The van der Waals surface area contributed by atoms with Gasteiger partial charge < -0.3 is 0 Å². The standard InChI is InChI=1S/C13H25Br/c1-3-4-5-6-12-7-9-13(10-8-12)11(2)14/h11-13H,3-10H2,1-2H3. The normalized spacial score (nSPS) is 30.2. The zero-order valence-corrected chi connectivity index (χ0v) is 11.4. The zero-order chi connectivity index (χ0) is 10.4. The summed E-state index contributed by atoms with van der Waals surface area (Å²) >= 11 is 3.72. The van der Waals surface area contributed by atoms with Crippen molar-refractivity contribution in [3.05, 3.63) is 0 Å². The molecule has 1 aliphatic carbocycles. The largest absolute Gasteiger partial charge is 0.0891 e. The van der Waals surface area contributed by atoms with Crippen LogP contribution in [-0.2, 0) is 0 Å². The van der Waals surface area contributed by atoms with Crippen LogP contribution in [0.25, 0.3) is 0 Å². The van der Waals surface area contributed by atoms with Gasteiger partial charge in [-0.1, -0.05) is 68.3 Å². The molecular formula is C13H25Br. The molecule has 84 valence electrons. The summed E-state index contributed by atoms with van der Waals surface area (Å²) in [5, 5.41) is 0. The lowest BCUT2D eigenvalue weighted by atomic mass is 9.79. The third kappa shape index (κ3) is 4.33. The third-order valence-electron chi connectivity index (χ3n) is 3.76. The molecule has 0 heterocycles. The van der Waals surface area contributed by atoms with Crippen LogP contribution in [-0.4, -0.2) is 4.83 Å². The first-order valence-electron chi connectivity index (χ1n) is 6.38. The molecule has 0 aromatic heterocycles. The lowest BCUT2D eigenvalue weighted by molar-refractivity contribution is 0.259. The first-order valence-corrected chi connectivity index (χ1v) is 7.29. The Hall–Kier alpha value is 0.480. The molecule has 0 aliphatic heterocycles. The maximum Gasteiger partial charge on any atom is 0.0145 e. The molecule has 0 N–H and O–H groups in total. The summed E-state index contributed by atoms with van der Waals surface area (Å²) in [6.45, 7) is 4.60. The van der Waals surface area contributed by atoms with E-state index in [1.54, 1.807) is 0 Å². The van der Waals surface area contributed by atoms with Crippen molar-refractivity contribution < 1.29 is 0 Å². The molecule has 1 saturated carbocycles. The van der Waals surface area contributed by atoms with Gasteiger partial charge in [0, 0.05) is 4.83 Å². The van der Waals surface area contributed by atoms with E-state index in [1.807, 2.05) is 0 Å². The summed E-state index contributed by atoms with van der Waals surface area (Å²) in [6, 6.07) is 0. The van der Waals surface area contributed by atoms with Crippen molar-refractivity contribution in [3.63, 3.8) is 0 Å². The second-order valence-corrected chi connectivity index (χ2v) is 6.40. The monoisotopic (exact) mass is 260 g/mol. The first-order chi connectivity index (χ1) is 6.74. The van der Waals surface area contributed by atoms with E-state index in [-0.39, 0.29) is 0 Å². The van der Waals surface area contributed by atoms with Gasteiger partial charge in [-0.3, -0.25) is 0 Å². The number of halogens is 1. The Bertz CT molecular complexity index is 134.